The molecule has 0 aromatic carbocycles. The zero-order valence-corrected chi connectivity index (χ0v) is 11.6. The lowest BCUT2D eigenvalue weighted by molar-refractivity contribution is 0.204. The number of aryl methyl sites for hydroxylation is 2. The fraction of sp³-hybridized carbons (Fsp3) is 0.462. The van der Waals surface area contributed by atoms with Crippen molar-refractivity contribution < 1.29 is 9.32 Å². The van der Waals surface area contributed by atoms with Crippen LogP contribution < -0.4 is 5.32 Å². The third kappa shape index (κ3) is 2.26. The highest BCUT2D eigenvalue weighted by Gasteiger charge is 2.24. The number of rotatable bonds is 2. The van der Waals surface area contributed by atoms with Gasteiger partial charge in [0.1, 0.15) is 0 Å². The van der Waals surface area contributed by atoms with Gasteiger partial charge in [-0.3, -0.25) is 5.32 Å². The van der Waals surface area contributed by atoms with Crippen LogP contribution in [0.15, 0.2) is 16.9 Å². The van der Waals surface area contributed by atoms with E-state index in [1.165, 1.54) is 5.69 Å². The molecule has 1 N–H and O–H groups in total. The predicted molar refractivity (Wildman–Crippen MR) is 72.3 cm³/mol. The molecule has 0 fully saturated rings. The number of nitrogens with one attached hydrogen (secondary N) is 1. The van der Waals surface area contributed by atoms with E-state index < -0.39 is 0 Å². The number of anilines is 1. The van der Waals surface area contributed by atoms with Crippen molar-refractivity contribution in [1.82, 2.24) is 19.6 Å². The molecule has 2 aromatic heterocycles. The predicted octanol–water partition coefficient (Wildman–Crippen LogP) is 1.79. The number of imidazole rings is 1. The Labute approximate surface area is 116 Å². The van der Waals surface area contributed by atoms with Crippen molar-refractivity contribution in [3.05, 3.63) is 29.5 Å². The van der Waals surface area contributed by atoms with E-state index in [2.05, 4.69) is 26.9 Å². The highest BCUT2D eigenvalue weighted by atomic mass is 16.5. The average molecular weight is 275 g/mol. The number of hydrogen-bond donors (Lipinski definition) is 1. The largest absolute Gasteiger partial charge is 0.338 e. The molecule has 106 valence electrons. The van der Waals surface area contributed by atoms with E-state index in [1.807, 2.05) is 13.3 Å². The summed E-state index contributed by atoms with van der Waals surface area (Å²) >= 11 is 0. The molecule has 1 aliphatic rings. The fourth-order valence-corrected chi connectivity index (χ4v) is 2.42. The van der Waals surface area contributed by atoms with E-state index in [9.17, 15) is 4.79 Å². The molecule has 0 saturated heterocycles. The summed E-state index contributed by atoms with van der Waals surface area (Å²) in [5.74, 6) is 0.373. The van der Waals surface area contributed by atoms with Crippen molar-refractivity contribution >= 4 is 11.9 Å². The van der Waals surface area contributed by atoms with E-state index in [0.717, 1.165) is 24.4 Å². The molecule has 7 heteroatoms. The summed E-state index contributed by atoms with van der Waals surface area (Å²) in [5.41, 5.74) is 2.94. The van der Waals surface area contributed by atoms with Crippen molar-refractivity contribution in [3.63, 3.8) is 0 Å². The molecule has 2 amide bonds. The number of fused-ring (bicyclic) bond motifs is 1. The van der Waals surface area contributed by atoms with E-state index in [1.54, 1.807) is 11.0 Å². The molecule has 1 aliphatic heterocycles. The summed E-state index contributed by atoms with van der Waals surface area (Å²) in [5, 5.41) is 6.45. The number of amides is 2. The molecule has 0 bridgehead atoms. The molecular weight excluding hydrogens is 258 g/mol. The zero-order valence-electron chi connectivity index (χ0n) is 11.6. The van der Waals surface area contributed by atoms with Crippen molar-refractivity contribution in [2.45, 2.75) is 33.4 Å². The van der Waals surface area contributed by atoms with Crippen LogP contribution in [0, 0.1) is 6.92 Å². The van der Waals surface area contributed by atoms with Gasteiger partial charge in [0.2, 0.25) is 5.88 Å². The summed E-state index contributed by atoms with van der Waals surface area (Å²) in [7, 11) is 0. The Morgan fingerprint density at radius 3 is 3.10 bits per heavy atom. The van der Waals surface area contributed by atoms with Gasteiger partial charge in [-0.2, -0.15) is 0 Å². The second kappa shape index (κ2) is 4.99. The first kappa shape index (κ1) is 12.7. The van der Waals surface area contributed by atoms with Gasteiger partial charge in [0.15, 0.2) is 0 Å². The molecule has 0 aliphatic carbocycles. The molecular formula is C13H17N5O2. The molecule has 3 heterocycles. The molecule has 0 saturated carbocycles. The number of carbonyl (C=O) groups excluding carboxylic acids is 1. The smallest absolute Gasteiger partial charge is 0.324 e. The van der Waals surface area contributed by atoms with Gasteiger partial charge in [0.05, 0.1) is 24.3 Å². The first-order chi connectivity index (χ1) is 9.67. The third-order valence-electron chi connectivity index (χ3n) is 3.48. The van der Waals surface area contributed by atoms with Gasteiger partial charge in [-0.15, -0.1) is 0 Å². The molecule has 7 nitrogen and oxygen atoms in total. The van der Waals surface area contributed by atoms with Gasteiger partial charge in [0.25, 0.3) is 0 Å². The minimum Gasteiger partial charge on any atom is -0.338 e. The maximum Gasteiger partial charge on any atom is 0.324 e. The number of urea groups is 1. The molecule has 2 aromatic rings. The van der Waals surface area contributed by atoms with Crippen LogP contribution in [0.2, 0.25) is 0 Å². The summed E-state index contributed by atoms with van der Waals surface area (Å²) in [6.07, 6.45) is 2.66. The minimum absolute atomic E-state index is 0.183. The Balaban J connectivity index is 1.69. The average Bonchev–Trinajstić information content (AvgIpc) is 3.03. The minimum atomic E-state index is -0.183. The Morgan fingerprint density at radius 1 is 1.55 bits per heavy atom. The quantitative estimate of drug-likeness (QED) is 0.906. The van der Waals surface area contributed by atoms with Gasteiger partial charge < -0.3 is 14.0 Å². The van der Waals surface area contributed by atoms with E-state index in [0.29, 0.717) is 19.0 Å². The van der Waals surface area contributed by atoms with Crippen molar-refractivity contribution in [1.29, 1.82) is 0 Å². The van der Waals surface area contributed by atoms with Crippen LogP contribution in [0.1, 0.15) is 24.0 Å². The maximum absolute atomic E-state index is 12.2. The highest BCUT2D eigenvalue weighted by Crippen LogP contribution is 2.19. The van der Waals surface area contributed by atoms with Gasteiger partial charge in [-0.05, 0) is 13.8 Å². The molecule has 0 radical (unpaired) electrons. The van der Waals surface area contributed by atoms with Gasteiger partial charge >= 0.3 is 6.03 Å². The number of hydrogen-bond acceptors (Lipinski definition) is 4. The first-order valence-electron chi connectivity index (χ1n) is 6.69. The zero-order chi connectivity index (χ0) is 14.1. The van der Waals surface area contributed by atoms with Gasteiger partial charge in [0, 0.05) is 31.3 Å². The lowest BCUT2D eigenvalue weighted by atomic mass is 10.1. The lowest BCUT2D eigenvalue weighted by Gasteiger charge is -2.26. The Kier molecular flexibility index (Phi) is 3.17. The van der Waals surface area contributed by atoms with Crippen LogP contribution in [-0.2, 0) is 19.5 Å². The molecule has 20 heavy (non-hydrogen) atoms. The van der Waals surface area contributed by atoms with E-state index >= 15 is 0 Å². The van der Waals surface area contributed by atoms with Gasteiger partial charge in [-0.1, -0.05) is 5.16 Å². The highest BCUT2D eigenvalue weighted by molar-refractivity contribution is 5.88. The van der Waals surface area contributed by atoms with Crippen LogP contribution in [0.3, 0.4) is 0 Å². The Morgan fingerprint density at radius 2 is 2.40 bits per heavy atom. The molecule has 0 spiro atoms. The monoisotopic (exact) mass is 275 g/mol. The molecule has 0 unspecified atom stereocenters. The van der Waals surface area contributed by atoms with Crippen LogP contribution >= 0.6 is 0 Å². The normalized spacial score (nSPS) is 14.2. The van der Waals surface area contributed by atoms with Crippen LogP contribution in [0.5, 0.6) is 0 Å². The second-order valence-electron chi connectivity index (χ2n) is 4.86. The number of aromatic nitrogens is 3. The molecule has 3 rings (SSSR count). The third-order valence-corrected chi connectivity index (χ3v) is 3.48. The SMILES string of the molecule is CCn1cnc2c1CCN(C(=O)Nc1cc(C)no1)C2. The maximum atomic E-state index is 12.2. The Bertz CT molecular complexity index is 630. The van der Waals surface area contributed by atoms with Gasteiger partial charge in [-0.25, -0.2) is 9.78 Å². The standard InChI is InChI=1S/C13H17N5O2/c1-3-17-8-14-10-7-18(5-4-11(10)17)13(19)15-12-6-9(2)16-20-12/h6,8H,3-5,7H2,1-2H3,(H,15,19). The second-order valence-corrected chi connectivity index (χ2v) is 4.86. The summed E-state index contributed by atoms with van der Waals surface area (Å²) in [4.78, 5) is 18.3. The van der Waals surface area contributed by atoms with Crippen molar-refractivity contribution in [2.24, 2.45) is 0 Å². The number of nitrogens with zero attached hydrogens (tertiary/aromatic N) is 4. The lowest BCUT2D eigenvalue weighted by Crippen LogP contribution is -2.39. The Hall–Kier alpha value is -2.31. The molecule has 0 atom stereocenters. The van der Waals surface area contributed by atoms with Crippen molar-refractivity contribution in [3.8, 4) is 0 Å². The summed E-state index contributed by atoms with van der Waals surface area (Å²) < 4.78 is 7.12. The first-order valence-corrected chi connectivity index (χ1v) is 6.69. The van der Waals surface area contributed by atoms with E-state index in [4.69, 9.17) is 4.52 Å². The summed E-state index contributed by atoms with van der Waals surface area (Å²) in [6, 6.07) is 1.51. The fourth-order valence-electron chi connectivity index (χ4n) is 2.42. The van der Waals surface area contributed by atoms with Crippen LogP contribution in [0.4, 0.5) is 10.7 Å². The number of carbonyl (C=O) groups is 1. The van der Waals surface area contributed by atoms with Crippen LogP contribution in [-0.4, -0.2) is 32.2 Å². The summed E-state index contributed by atoms with van der Waals surface area (Å²) in [6.45, 7) is 6.02. The topological polar surface area (TPSA) is 76.2 Å². The van der Waals surface area contributed by atoms with E-state index in [-0.39, 0.29) is 6.03 Å². The van der Waals surface area contributed by atoms with Crippen LogP contribution in [0.25, 0.3) is 0 Å². The van der Waals surface area contributed by atoms with Crippen molar-refractivity contribution in [2.75, 3.05) is 11.9 Å².